The van der Waals surface area contributed by atoms with Gasteiger partial charge in [-0.05, 0) is 29.7 Å². The van der Waals surface area contributed by atoms with Gasteiger partial charge in [-0.25, -0.2) is 0 Å². The summed E-state index contributed by atoms with van der Waals surface area (Å²) in [5, 5.41) is 1.83. The molecule has 0 nitrogen and oxygen atoms in total. The summed E-state index contributed by atoms with van der Waals surface area (Å²) in [6.07, 6.45) is 1.06. The molecule has 0 aromatic heterocycles. The maximum absolute atomic E-state index is 5.94. The van der Waals surface area contributed by atoms with Crippen molar-refractivity contribution in [3.8, 4) is 0 Å². The van der Waals surface area contributed by atoms with Crippen LogP contribution in [0.3, 0.4) is 0 Å². The van der Waals surface area contributed by atoms with Crippen molar-refractivity contribution in [2.24, 2.45) is 0 Å². The molecule has 0 unspecified atom stereocenters. The molecule has 13 heavy (non-hydrogen) atoms. The monoisotopic (exact) mass is 484 g/mol. The zero-order valence-corrected chi connectivity index (χ0v) is 13.4. The lowest BCUT2D eigenvalue weighted by atomic mass is 10.1. The smallest absolute Gasteiger partial charge is 0.0878 e. The van der Waals surface area contributed by atoms with E-state index in [1.165, 1.54) is 11.1 Å². The van der Waals surface area contributed by atoms with Crippen LogP contribution >= 0.6 is 72.7 Å². The SMILES string of the molecule is Clc1ccc(CCBr)c(C(I)I)c1. The minimum atomic E-state index is 0.489. The fourth-order valence-corrected chi connectivity index (χ4v) is 2.87. The van der Waals surface area contributed by atoms with E-state index < -0.39 is 0 Å². The van der Waals surface area contributed by atoms with Crippen LogP contribution in [0.15, 0.2) is 18.2 Å². The highest BCUT2D eigenvalue weighted by atomic mass is 127. The Balaban J connectivity index is 3.03. The molecule has 0 aliphatic carbocycles. The molecule has 0 bridgehead atoms. The third-order valence-electron chi connectivity index (χ3n) is 1.71. The van der Waals surface area contributed by atoms with Crippen molar-refractivity contribution in [1.29, 1.82) is 0 Å². The lowest BCUT2D eigenvalue weighted by molar-refractivity contribution is 1.13. The van der Waals surface area contributed by atoms with Crippen LogP contribution in [0.4, 0.5) is 0 Å². The zero-order chi connectivity index (χ0) is 9.84. The lowest BCUT2D eigenvalue weighted by Gasteiger charge is -2.09. The van der Waals surface area contributed by atoms with Crippen molar-refractivity contribution < 1.29 is 0 Å². The van der Waals surface area contributed by atoms with Gasteiger partial charge in [-0.1, -0.05) is 78.8 Å². The summed E-state index contributed by atoms with van der Waals surface area (Å²) in [4.78, 5) is 0. The summed E-state index contributed by atoms with van der Waals surface area (Å²) in [7, 11) is 0. The Morgan fingerprint density at radius 1 is 1.38 bits per heavy atom. The average molecular weight is 485 g/mol. The predicted octanol–water partition coefficient (Wildman–Crippen LogP) is 5.15. The number of rotatable bonds is 3. The second-order valence-electron chi connectivity index (χ2n) is 2.58. The Hall–Kier alpha value is 1.45. The molecule has 0 radical (unpaired) electrons. The summed E-state index contributed by atoms with van der Waals surface area (Å²) in [5.41, 5.74) is 2.73. The van der Waals surface area contributed by atoms with Gasteiger partial charge in [0.15, 0.2) is 0 Å². The van der Waals surface area contributed by atoms with Crippen molar-refractivity contribution in [3.63, 3.8) is 0 Å². The van der Waals surface area contributed by atoms with Crippen molar-refractivity contribution in [2.75, 3.05) is 5.33 Å². The van der Waals surface area contributed by atoms with Crippen LogP contribution < -0.4 is 0 Å². The Morgan fingerprint density at radius 2 is 2.08 bits per heavy atom. The van der Waals surface area contributed by atoms with Gasteiger partial charge in [0.05, 0.1) is 1.93 Å². The highest BCUT2D eigenvalue weighted by molar-refractivity contribution is 14.2. The fourth-order valence-electron chi connectivity index (χ4n) is 1.10. The molecule has 1 rings (SSSR count). The van der Waals surface area contributed by atoms with Crippen LogP contribution in [-0.4, -0.2) is 5.33 Å². The van der Waals surface area contributed by atoms with Crippen molar-refractivity contribution in [1.82, 2.24) is 0 Å². The zero-order valence-electron chi connectivity index (χ0n) is 6.74. The van der Waals surface area contributed by atoms with E-state index in [-0.39, 0.29) is 0 Å². The first-order valence-electron chi connectivity index (χ1n) is 3.77. The molecule has 0 atom stereocenters. The van der Waals surface area contributed by atoms with E-state index in [4.69, 9.17) is 11.6 Å². The van der Waals surface area contributed by atoms with Crippen molar-refractivity contribution >= 4 is 72.7 Å². The number of aryl methyl sites for hydroxylation is 1. The first-order valence-corrected chi connectivity index (χ1v) is 7.76. The Morgan fingerprint density at radius 3 is 2.62 bits per heavy atom. The van der Waals surface area contributed by atoms with E-state index in [1.807, 2.05) is 6.07 Å². The average Bonchev–Trinajstić information content (AvgIpc) is 2.08. The molecular formula is C9H8BrClI2. The maximum atomic E-state index is 5.94. The topological polar surface area (TPSA) is 0 Å². The van der Waals surface area contributed by atoms with Crippen LogP contribution in [0, 0.1) is 0 Å². The fraction of sp³-hybridized carbons (Fsp3) is 0.333. The van der Waals surface area contributed by atoms with Crippen LogP contribution in [0.5, 0.6) is 0 Å². The summed E-state index contributed by atoms with van der Waals surface area (Å²) in [6, 6.07) is 6.13. The summed E-state index contributed by atoms with van der Waals surface area (Å²) >= 11 is 14.2. The molecule has 1 aromatic rings. The van der Waals surface area contributed by atoms with E-state index >= 15 is 0 Å². The minimum Gasteiger partial charge on any atom is -0.0924 e. The second-order valence-corrected chi connectivity index (χ2v) is 8.69. The van der Waals surface area contributed by atoms with Crippen molar-refractivity contribution in [3.05, 3.63) is 34.3 Å². The molecule has 4 heteroatoms. The van der Waals surface area contributed by atoms with Gasteiger partial charge >= 0.3 is 0 Å². The molecule has 0 heterocycles. The number of hydrogen-bond acceptors (Lipinski definition) is 0. The molecule has 0 saturated heterocycles. The number of hydrogen-bond donors (Lipinski definition) is 0. The van der Waals surface area contributed by atoms with Crippen molar-refractivity contribution in [2.45, 2.75) is 8.35 Å². The Bertz CT molecular complexity index is 289. The minimum absolute atomic E-state index is 0.489. The highest BCUT2D eigenvalue weighted by Crippen LogP contribution is 2.34. The molecule has 0 amide bonds. The third-order valence-corrected chi connectivity index (χ3v) is 3.68. The second kappa shape index (κ2) is 6.12. The summed E-state index contributed by atoms with van der Waals surface area (Å²) in [6.45, 7) is 0. The Labute approximate surface area is 119 Å². The van der Waals surface area contributed by atoms with E-state index in [9.17, 15) is 0 Å². The molecule has 1 aromatic carbocycles. The molecule has 0 spiro atoms. The van der Waals surface area contributed by atoms with Gasteiger partial charge in [0, 0.05) is 10.4 Å². The van der Waals surface area contributed by atoms with Gasteiger partial charge in [-0.3, -0.25) is 0 Å². The van der Waals surface area contributed by atoms with E-state index in [2.05, 4.69) is 73.2 Å². The van der Waals surface area contributed by atoms with E-state index in [0.29, 0.717) is 1.93 Å². The lowest BCUT2D eigenvalue weighted by Crippen LogP contribution is -1.93. The molecule has 0 aliphatic rings. The van der Waals surface area contributed by atoms with Gasteiger partial charge < -0.3 is 0 Å². The third kappa shape index (κ3) is 3.83. The highest BCUT2D eigenvalue weighted by Gasteiger charge is 2.08. The molecule has 0 saturated carbocycles. The summed E-state index contributed by atoms with van der Waals surface area (Å²) < 4.78 is 0.489. The summed E-state index contributed by atoms with van der Waals surface area (Å²) in [5.74, 6) is 0. The van der Waals surface area contributed by atoms with Crippen LogP contribution in [0.25, 0.3) is 0 Å². The number of alkyl halides is 3. The molecule has 0 N–H and O–H groups in total. The Kier molecular flexibility index (Phi) is 5.90. The van der Waals surface area contributed by atoms with Gasteiger partial charge in [0.1, 0.15) is 0 Å². The van der Waals surface area contributed by atoms with Crippen LogP contribution in [0.2, 0.25) is 5.02 Å². The standard InChI is InChI=1S/C9H8BrClI2/c10-4-3-6-1-2-7(11)5-8(6)9(12)13/h1-2,5,9H,3-4H2. The first-order chi connectivity index (χ1) is 6.15. The normalized spacial score (nSPS) is 10.8. The molecule has 0 aliphatic heterocycles. The predicted molar refractivity (Wildman–Crippen MR) is 79.7 cm³/mol. The first kappa shape index (κ1) is 12.5. The number of halogens is 4. The molecule has 0 fully saturated rings. The largest absolute Gasteiger partial charge is 0.0924 e. The quantitative estimate of drug-likeness (QED) is 0.411. The van der Waals surface area contributed by atoms with Gasteiger partial charge in [-0.2, -0.15) is 0 Å². The number of benzene rings is 1. The molecule has 72 valence electrons. The molecular weight excluding hydrogens is 477 g/mol. The van der Waals surface area contributed by atoms with E-state index in [1.54, 1.807) is 0 Å². The van der Waals surface area contributed by atoms with E-state index in [0.717, 1.165) is 16.8 Å². The van der Waals surface area contributed by atoms with Crippen LogP contribution in [-0.2, 0) is 6.42 Å². The van der Waals surface area contributed by atoms with Crippen LogP contribution in [0.1, 0.15) is 13.1 Å². The maximum Gasteiger partial charge on any atom is 0.0878 e. The van der Waals surface area contributed by atoms with Gasteiger partial charge in [-0.15, -0.1) is 0 Å². The van der Waals surface area contributed by atoms with Gasteiger partial charge in [0.25, 0.3) is 0 Å². The van der Waals surface area contributed by atoms with Gasteiger partial charge in [0.2, 0.25) is 0 Å².